The predicted molar refractivity (Wildman–Crippen MR) is 83.3 cm³/mol. The number of anilines is 1. The molecule has 0 amide bonds. The molecule has 0 heterocycles. The van der Waals surface area contributed by atoms with Gasteiger partial charge in [0.05, 0.1) is 0 Å². The molecule has 0 fully saturated rings. The van der Waals surface area contributed by atoms with Crippen LogP contribution in [0, 0.1) is 6.92 Å². The van der Waals surface area contributed by atoms with Crippen molar-refractivity contribution in [3.8, 4) is 0 Å². The van der Waals surface area contributed by atoms with Crippen LogP contribution in [-0.2, 0) is 6.42 Å². The Morgan fingerprint density at radius 2 is 1.50 bits per heavy atom. The molecular formula is C16H21NS. The fourth-order valence-corrected chi connectivity index (χ4v) is 1.67. The summed E-state index contributed by atoms with van der Waals surface area (Å²) in [5, 5.41) is 0. The van der Waals surface area contributed by atoms with Crippen molar-refractivity contribution < 1.29 is 0 Å². The van der Waals surface area contributed by atoms with E-state index >= 15 is 0 Å². The lowest BCUT2D eigenvalue weighted by molar-refractivity contribution is 0.922. The van der Waals surface area contributed by atoms with Gasteiger partial charge in [-0.05, 0) is 43.2 Å². The Morgan fingerprint density at radius 3 is 1.94 bits per heavy atom. The van der Waals surface area contributed by atoms with Crippen molar-refractivity contribution in [2.45, 2.75) is 31.6 Å². The van der Waals surface area contributed by atoms with Gasteiger partial charge in [0.15, 0.2) is 0 Å². The number of hydrogen-bond donors (Lipinski definition) is 2. The van der Waals surface area contributed by atoms with Gasteiger partial charge in [-0.25, -0.2) is 0 Å². The molecule has 2 heteroatoms. The Balaban J connectivity index is 0.000000184. The number of thiol groups is 1. The Hall–Kier alpha value is -1.41. The van der Waals surface area contributed by atoms with Crippen LogP contribution < -0.4 is 5.73 Å². The van der Waals surface area contributed by atoms with Crippen LogP contribution in [0.3, 0.4) is 0 Å². The zero-order valence-corrected chi connectivity index (χ0v) is 12.0. The van der Waals surface area contributed by atoms with Crippen LogP contribution in [0.2, 0.25) is 0 Å². The molecule has 2 N–H and O–H groups in total. The molecule has 1 nitrogen and oxygen atoms in total. The Kier molecular flexibility index (Phi) is 6.37. The summed E-state index contributed by atoms with van der Waals surface area (Å²) in [6.07, 6.45) is 2.35. The summed E-state index contributed by atoms with van der Waals surface area (Å²) in [5.41, 5.74) is 9.02. The molecule has 2 aromatic rings. The molecule has 0 saturated carbocycles. The monoisotopic (exact) mass is 259 g/mol. The summed E-state index contributed by atoms with van der Waals surface area (Å²) in [7, 11) is 0. The molecule has 0 aliphatic heterocycles. The summed E-state index contributed by atoms with van der Waals surface area (Å²) in [5.74, 6) is 0. The minimum absolute atomic E-state index is 0.847. The maximum Gasteiger partial charge on any atom is 0.0314 e. The zero-order valence-electron chi connectivity index (χ0n) is 11.1. The Morgan fingerprint density at radius 1 is 0.944 bits per heavy atom. The highest BCUT2D eigenvalue weighted by Gasteiger charge is 1.88. The van der Waals surface area contributed by atoms with E-state index in [-0.39, 0.29) is 0 Å². The molecule has 18 heavy (non-hydrogen) atoms. The standard InChI is InChI=1S/C9H13N.C7H8S/c1-2-3-8-4-6-9(10)7-5-8;1-6-2-4-7(8)5-3-6/h4-7H,2-3,10H2,1H3;2-5,8H,1H3. The van der Waals surface area contributed by atoms with Gasteiger partial charge in [0, 0.05) is 10.6 Å². The average molecular weight is 259 g/mol. The summed E-state index contributed by atoms with van der Waals surface area (Å²) in [4.78, 5) is 1.02. The zero-order chi connectivity index (χ0) is 13.4. The van der Waals surface area contributed by atoms with Crippen LogP contribution in [0.5, 0.6) is 0 Å². The van der Waals surface area contributed by atoms with Crippen LogP contribution in [0.1, 0.15) is 24.5 Å². The molecule has 2 aromatic carbocycles. The maximum atomic E-state index is 5.52. The summed E-state index contributed by atoms with van der Waals surface area (Å²) in [6, 6.07) is 16.1. The molecule has 2 rings (SSSR count). The van der Waals surface area contributed by atoms with Gasteiger partial charge in [-0.2, -0.15) is 0 Å². The van der Waals surface area contributed by atoms with Crippen LogP contribution in [0.15, 0.2) is 53.4 Å². The van der Waals surface area contributed by atoms with Gasteiger partial charge >= 0.3 is 0 Å². The summed E-state index contributed by atoms with van der Waals surface area (Å²) < 4.78 is 0. The van der Waals surface area contributed by atoms with E-state index in [2.05, 4.69) is 38.6 Å². The summed E-state index contributed by atoms with van der Waals surface area (Å²) in [6.45, 7) is 4.24. The molecule has 0 radical (unpaired) electrons. The molecule has 0 aliphatic rings. The number of nitrogens with two attached hydrogens (primary N) is 1. The molecule has 0 aromatic heterocycles. The van der Waals surface area contributed by atoms with Crippen LogP contribution in [-0.4, -0.2) is 0 Å². The largest absolute Gasteiger partial charge is 0.399 e. The van der Waals surface area contributed by atoms with E-state index in [1.165, 1.54) is 17.5 Å². The number of aryl methyl sites for hydroxylation is 2. The van der Waals surface area contributed by atoms with Crippen LogP contribution in [0.4, 0.5) is 5.69 Å². The molecule has 0 saturated heterocycles. The van der Waals surface area contributed by atoms with E-state index in [1.807, 2.05) is 36.4 Å². The highest BCUT2D eigenvalue weighted by atomic mass is 32.1. The normalized spacial score (nSPS) is 9.50. The molecule has 0 bridgehead atoms. The maximum absolute atomic E-state index is 5.52. The third-order valence-electron chi connectivity index (χ3n) is 2.55. The van der Waals surface area contributed by atoms with Gasteiger partial charge < -0.3 is 5.73 Å². The molecule has 0 spiro atoms. The van der Waals surface area contributed by atoms with E-state index in [4.69, 9.17) is 5.73 Å². The fraction of sp³-hybridized carbons (Fsp3) is 0.250. The quantitative estimate of drug-likeness (QED) is 0.602. The van der Waals surface area contributed by atoms with Crippen molar-refractivity contribution in [3.05, 3.63) is 59.7 Å². The molecule has 0 aliphatic carbocycles. The van der Waals surface area contributed by atoms with E-state index in [0.29, 0.717) is 0 Å². The molecule has 96 valence electrons. The van der Waals surface area contributed by atoms with Crippen molar-refractivity contribution >= 4 is 18.3 Å². The molecular weight excluding hydrogens is 238 g/mol. The third kappa shape index (κ3) is 5.78. The average Bonchev–Trinajstić information content (AvgIpc) is 2.37. The third-order valence-corrected chi connectivity index (χ3v) is 2.85. The van der Waals surface area contributed by atoms with Crippen LogP contribution in [0.25, 0.3) is 0 Å². The highest BCUT2D eigenvalue weighted by molar-refractivity contribution is 7.80. The van der Waals surface area contributed by atoms with Gasteiger partial charge in [0.2, 0.25) is 0 Å². The van der Waals surface area contributed by atoms with E-state index in [1.54, 1.807) is 0 Å². The smallest absolute Gasteiger partial charge is 0.0314 e. The minimum atomic E-state index is 0.847. The molecule has 0 unspecified atom stereocenters. The van der Waals surface area contributed by atoms with Gasteiger partial charge in [0.1, 0.15) is 0 Å². The first-order valence-corrected chi connectivity index (χ1v) is 6.66. The van der Waals surface area contributed by atoms with E-state index < -0.39 is 0 Å². The minimum Gasteiger partial charge on any atom is -0.399 e. The Labute approximate surface area is 115 Å². The first-order chi connectivity index (χ1) is 8.61. The highest BCUT2D eigenvalue weighted by Crippen LogP contribution is 2.07. The van der Waals surface area contributed by atoms with E-state index in [0.717, 1.165) is 17.0 Å². The predicted octanol–water partition coefficient (Wildman–Crippen LogP) is 4.51. The number of rotatable bonds is 2. The summed E-state index contributed by atoms with van der Waals surface area (Å²) >= 11 is 4.13. The van der Waals surface area contributed by atoms with Crippen molar-refractivity contribution in [3.63, 3.8) is 0 Å². The molecule has 0 atom stereocenters. The van der Waals surface area contributed by atoms with Crippen molar-refractivity contribution in [1.82, 2.24) is 0 Å². The van der Waals surface area contributed by atoms with Gasteiger partial charge in [-0.3, -0.25) is 0 Å². The van der Waals surface area contributed by atoms with Crippen LogP contribution >= 0.6 is 12.6 Å². The second-order valence-electron chi connectivity index (χ2n) is 4.33. The SMILES string of the molecule is CCCc1ccc(N)cc1.Cc1ccc(S)cc1. The number of hydrogen-bond acceptors (Lipinski definition) is 2. The lowest BCUT2D eigenvalue weighted by Crippen LogP contribution is -1.86. The van der Waals surface area contributed by atoms with Gasteiger partial charge in [-0.15, -0.1) is 12.6 Å². The Bertz CT molecular complexity index is 425. The lowest BCUT2D eigenvalue weighted by atomic mass is 10.1. The number of nitrogen functional groups attached to an aromatic ring is 1. The second-order valence-corrected chi connectivity index (χ2v) is 4.84. The fourth-order valence-electron chi connectivity index (χ4n) is 1.52. The van der Waals surface area contributed by atoms with Crippen molar-refractivity contribution in [2.24, 2.45) is 0 Å². The van der Waals surface area contributed by atoms with Gasteiger partial charge in [0.25, 0.3) is 0 Å². The number of benzene rings is 2. The topological polar surface area (TPSA) is 26.0 Å². The lowest BCUT2D eigenvalue weighted by Gasteiger charge is -1.97. The van der Waals surface area contributed by atoms with Crippen molar-refractivity contribution in [1.29, 1.82) is 0 Å². The second kappa shape index (κ2) is 7.83. The van der Waals surface area contributed by atoms with Gasteiger partial charge in [-0.1, -0.05) is 43.2 Å². The first-order valence-electron chi connectivity index (χ1n) is 6.22. The first kappa shape index (κ1) is 14.7. The van der Waals surface area contributed by atoms with E-state index in [9.17, 15) is 0 Å². The van der Waals surface area contributed by atoms with Crippen molar-refractivity contribution in [2.75, 3.05) is 5.73 Å².